The number of hydrogen-bond acceptors (Lipinski definition) is 4. The Hall–Kier alpha value is -1.62. The van der Waals surface area contributed by atoms with Gasteiger partial charge < -0.3 is 14.6 Å². The second-order valence-electron chi connectivity index (χ2n) is 2.94. The van der Waals surface area contributed by atoms with Crippen LogP contribution in [0, 0.1) is 5.82 Å². The number of benzene rings is 1. The van der Waals surface area contributed by atoms with Crippen LogP contribution in [0.4, 0.5) is 4.39 Å². The summed E-state index contributed by atoms with van der Waals surface area (Å²) in [4.78, 5) is 11.3. The third-order valence-electron chi connectivity index (χ3n) is 1.79. The zero-order chi connectivity index (χ0) is 12.0. The van der Waals surface area contributed by atoms with Crippen LogP contribution in [0.1, 0.15) is 17.3 Å². The average molecular weight is 228 g/mol. The lowest BCUT2D eigenvalue weighted by Crippen LogP contribution is -2.09. The van der Waals surface area contributed by atoms with Crippen LogP contribution in [0.2, 0.25) is 0 Å². The van der Waals surface area contributed by atoms with Gasteiger partial charge in [0.25, 0.3) is 0 Å². The molecule has 0 saturated heterocycles. The van der Waals surface area contributed by atoms with Crippen molar-refractivity contribution in [2.24, 2.45) is 0 Å². The van der Waals surface area contributed by atoms with E-state index in [1.165, 1.54) is 12.1 Å². The van der Waals surface area contributed by atoms with E-state index in [-0.39, 0.29) is 24.5 Å². The van der Waals surface area contributed by atoms with E-state index in [0.29, 0.717) is 6.61 Å². The Morgan fingerprint density at radius 2 is 2.25 bits per heavy atom. The van der Waals surface area contributed by atoms with E-state index in [1.54, 1.807) is 6.92 Å². The molecule has 4 nitrogen and oxygen atoms in total. The number of ether oxygens (including phenoxy) is 2. The van der Waals surface area contributed by atoms with E-state index < -0.39 is 11.8 Å². The van der Waals surface area contributed by atoms with Crippen molar-refractivity contribution in [1.29, 1.82) is 0 Å². The first-order valence-electron chi connectivity index (χ1n) is 4.89. The third kappa shape index (κ3) is 3.20. The molecule has 0 fully saturated rings. The van der Waals surface area contributed by atoms with Crippen molar-refractivity contribution in [3.63, 3.8) is 0 Å². The summed E-state index contributed by atoms with van der Waals surface area (Å²) in [5.41, 5.74) is 0.0920. The number of esters is 1. The fourth-order valence-electron chi connectivity index (χ4n) is 1.12. The molecule has 0 aliphatic carbocycles. The first kappa shape index (κ1) is 12.4. The van der Waals surface area contributed by atoms with Crippen molar-refractivity contribution < 1.29 is 23.8 Å². The van der Waals surface area contributed by atoms with Gasteiger partial charge in [-0.1, -0.05) is 0 Å². The predicted molar refractivity (Wildman–Crippen MR) is 54.9 cm³/mol. The van der Waals surface area contributed by atoms with Crippen LogP contribution in [0.15, 0.2) is 18.2 Å². The molecule has 1 rings (SSSR count). The van der Waals surface area contributed by atoms with Gasteiger partial charge in [0.1, 0.15) is 6.61 Å². The highest BCUT2D eigenvalue weighted by Crippen LogP contribution is 2.18. The molecule has 88 valence electrons. The molecule has 0 heterocycles. The van der Waals surface area contributed by atoms with Gasteiger partial charge in [-0.05, 0) is 25.1 Å². The lowest BCUT2D eigenvalue weighted by molar-refractivity contribution is 0.0433. The Morgan fingerprint density at radius 3 is 2.81 bits per heavy atom. The maximum absolute atomic E-state index is 13.3. The summed E-state index contributed by atoms with van der Waals surface area (Å²) in [7, 11) is 0. The van der Waals surface area contributed by atoms with E-state index in [0.717, 1.165) is 6.07 Å². The molecule has 5 heteroatoms. The molecular weight excluding hydrogens is 215 g/mol. The van der Waals surface area contributed by atoms with Gasteiger partial charge in [-0.2, -0.15) is 0 Å². The van der Waals surface area contributed by atoms with E-state index in [9.17, 15) is 9.18 Å². The zero-order valence-corrected chi connectivity index (χ0v) is 8.90. The van der Waals surface area contributed by atoms with E-state index in [1.807, 2.05) is 0 Å². The maximum atomic E-state index is 13.3. The molecule has 0 saturated carbocycles. The van der Waals surface area contributed by atoms with Crippen molar-refractivity contribution in [2.45, 2.75) is 6.92 Å². The summed E-state index contributed by atoms with van der Waals surface area (Å²) in [5.74, 6) is -1.18. The fraction of sp³-hybridized carbons (Fsp3) is 0.364. The summed E-state index contributed by atoms with van der Waals surface area (Å²) in [5, 5.41) is 8.46. The highest BCUT2D eigenvalue weighted by Gasteiger charge is 2.11. The number of carbonyl (C=O) groups excluding carboxylic acids is 1. The third-order valence-corrected chi connectivity index (χ3v) is 1.79. The largest absolute Gasteiger partial charge is 0.491 e. The van der Waals surface area contributed by atoms with Crippen LogP contribution >= 0.6 is 0 Å². The van der Waals surface area contributed by atoms with Crippen molar-refractivity contribution in [2.75, 3.05) is 19.8 Å². The first-order chi connectivity index (χ1) is 7.69. The Balaban J connectivity index is 2.76. The second-order valence-corrected chi connectivity index (χ2v) is 2.94. The SMILES string of the molecule is CCOc1ccc(C(=O)OCCO)cc1F. The first-order valence-corrected chi connectivity index (χ1v) is 4.89. The summed E-state index contributed by atoms with van der Waals surface area (Å²) in [6, 6.07) is 3.83. The Kier molecular flexibility index (Phi) is 4.72. The second kappa shape index (κ2) is 6.07. The fourth-order valence-corrected chi connectivity index (χ4v) is 1.12. The molecule has 0 amide bonds. The molecule has 1 aromatic rings. The van der Waals surface area contributed by atoms with Crippen LogP contribution in [0.3, 0.4) is 0 Å². The minimum Gasteiger partial charge on any atom is -0.491 e. The van der Waals surface area contributed by atoms with Gasteiger partial charge in [-0.15, -0.1) is 0 Å². The summed E-state index contributed by atoms with van der Waals surface area (Å²) >= 11 is 0. The number of halogens is 1. The van der Waals surface area contributed by atoms with E-state index >= 15 is 0 Å². The van der Waals surface area contributed by atoms with E-state index in [4.69, 9.17) is 9.84 Å². The summed E-state index contributed by atoms with van der Waals surface area (Å²) in [6.07, 6.45) is 0. The van der Waals surface area contributed by atoms with Gasteiger partial charge in [0.05, 0.1) is 18.8 Å². The smallest absolute Gasteiger partial charge is 0.338 e. The van der Waals surface area contributed by atoms with Gasteiger partial charge in [0, 0.05) is 0 Å². The molecule has 0 unspecified atom stereocenters. The van der Waals surface area contributed by atoms with Crippen LogP contribution in [0.25, 0.3) is 0 Å². The van der Waals surface area contributed by atoms with Gasteiger partial charge >= 0.3 is 5.97 Å². The minimum atomic E-state index is -0.670. The molecule has 1 aromatic carbocycles. The summed E-state index contributed by atoms with van der Waals surface area (Å²) in [6.45, 7) is 1.73. The molecule has 0 spiro atoms. The normalized spacial score (nSPS) is 9.94. The Labute approximate surface area is 92.6 Å². The quantitative estimate of drug-likeness (QED) is 0.773. The average Bonchev–Trinajstić information content (AvgIpc) is 2.29. The van der Waals surface area contributed by atoms with Crippen LogP contribution in [-0.4, -0.2) is 30.9 Å². The lowest BCUT2D eigenvalue weighted by atomic mass is 10.2. The molecule has 0 aromatic heterocycles. The van der Waals surface area contributed by atoms with Crippen LogP contribution in [0.5, 0.6) is 5.75 Å². The molecule has 1 N–H and O–H groups in total. The van der Waals surface area contributed by atoms with Gasteiger partial charge in [0.2, 0.25) is 0 Å². The Bertz CT molecular complexity index is 365. The zero-order valence-electron chi connectivity index (χ0n) is 8.90. The molecule has 0 radical (unpaired) electrons. The predicted octanol–water partition coefficient (Wildman–Crippen LogP) is 1.37. The maximum Gasteiger partial charge on any atom is 0.338 e. The number of rotatable bonds is 5. The topological polar surface area (TPSA) is 55.8 Å². The molecule has 0 atom stereocenters. The number of carbonyl (C=O) groups is 1. The molecule has 16 heavy (non-hydrogen) atoms. The van der Waals surface area contributed by atoms with Crippen molar-refractivity contribution in [3.05, 3.63) is 29.6 Å². The molecular formula is C11H13FO4. The number of aliphatic hydroxyl groups excluding tert-OH is 1. The highest BCUT2D eigenvalue weighted by atomic mass is 19.1. The molecule has 0 aliphatic heterocycles. The van der Waals surface area contributed by atoms with Crippen LogP contribution in [-0.2, 0) is 4.74 Å². The Morgan fingerprint density at radius 1 is 1.50 bits per heavy atom. The van der Waals surface area contributed by atoms with Crippen LogP contribution < -0.4 is 4.74 Å². The highest BCUT2D eigenvalue weighted by molar-refractivity contribution is 5.89. The lowest BCUT2D eigenvalue weighted by Gasteiger charge is -2.06. The summed E-state index contributed by atoms with van der Waals surface area (Å²) < 4.78 is 23.0. The minimum absolute atomic E-state index is 0.0920. The van der Waals surface area contributed by atoms with Gasteiger partial charge in [-0.3, -0.25) is 0 Å². The monoisotopic (exact) mass is 228 g/mol. The van der Waals surface area contributed by atoms with Gasteiger partial charge in [0.15, 0.2) is 11.6 Å². The van der Waals surface area contributed by atoms with Crippen molar-refractivity contribution in [3.8, 4) is 5.75 Å². The van der Waals surface area contributed by atoms with Crippen molar-refractivity contribution in [1.82, 2.24) is 0 Å². The standard InChI is InChI=1S/C11H13FO4/c1-2-15-10-4-3-8(7-9(10)12)11(14)16-6-5-13/h3-4,7,13H,2,5-6H2,1H3. The number of hydrogen-bond donors (Lipinski definition) is 1. The van der Waals surface area contributed by atoms with Crippen molar-refractivity contribution >= 4 is 5.97 Å². The van der Waals surface area contributed by atoms with E-state index in [2.05, 4.69) is 4.74 Å². The molecule has 0 aliphatic rings. The number of aliphatic hydroxyl groups is 1. The molecule has 0 bridgehead atoms. The van der Waals surface area contributed by atoms with Gasteiger partial charge in [-0.25, -0.2) is 9.18 Å².